The number of carbonyl (C=O) groups is 1. The van der Waals surface area contributed by atoms with E-state index in [2.05, 4.69) is 20.8 Å². The summed E-state index contributed by atoms with van der Waals surface area (Å²) in [5.74, 6) is 0.394. The molecule has 2 unspecified atom stereocenters. The lowest BCUT2D eigenvalue weighted by atomic mass is 9.50. The molecule has 32 heavy (non-hydrogen) atoms. The van der Waals surface area contributed by atoms with Crippen LogP contribution in [0.4, 0.5) is 0 Å². The van der Waals surface area contributed by atoms with E-state index >= 15 is 0 Å². The van der Waals surface area contributed by atoms with Gasteiger partial charge in [-0.25, -0.2) is 0 Å². The van der Waals surface area contributed by atoms with Crippen LogP contribution in [0.1, 0.15) is 79.6 Å². The van der Waals surface area contributed by atoms with Crippen LogP contribution in [0.25, 0.3) is 0 Å². The molecule has 0 aromatic rings. The van der Waals surface area contributed by atoms with Crippen molar-refractivity contribution in [3.63, 3.8) is 0 Å². The minimum atomic E-state index is -0.475. The van der Waals surface area contributed by atoms with Gasteiger partial charge in [-0.2, -0.15) is 0 Å². The molecule has 0 aromatic carbocycles. The van der Waals surface area contributed by atoms with Gasteiger partial charge in [0.15, 0.2) is 0 Å². The van der Waals surface area contributed by atoms with E-state index < -0.39 is 11.0 Å². The predicted octanol–water partition coefficient (Wildman–Crippen LogP) is 4.29. The van der Waals surface area contributed by atoms with E-state index in [1.807, 2.05) is 13.8 Å². The maximum Gasteiger partial charge on any atom is 0.312 e. The van der Waals surface area contributed by atoms with Crippen molar-refractivity contribution in [1.29, 1.82) is 0 Å². The molecule has 0 N–H and O–H groups in total. The van der Waals surface area contributed by atoms with Gasteiger partial charge in [-0.15, -0.1) is 0 Å². The van der Waals surface area contributed by atoms with Gasteiger partial charge in [-0.05, 0) is 45.4 Å². The minimum absolute atomic E-state index is 0.0778. The van der Waals surface area contributed by atoms with Gasteiger partial charge in [0.25, 0.3) is 0 Å². The molecule has 4 aliphatic carbocycles. The van der Waals surface area contributed by atoms with Crippen molar-refractivity contribution < 1.29 is 28.5 Å². The van der Waals surface area contributed by atoms with E-state index in [-0.39, 0.29) is 28.0 Å². The number of ether oxygens (including phenoxy) is 5. The standard InChI is InChI=1S/C26H42O6/c1-6-21(2,3)20(27)32-26-9-19-7-24(11-26,30-17-22(4)13-28-14-22)10-25(8-19,12-26)31-18-23(5)15-29-16-23/h19H,6-18H2,1-5H3. The molecule has 182 valence electrons. The van der Waals surface area contributed by atoms with Crippen molar-refractivity contribution in [3.05, 3.63) is 0 Å². The summed E-state index contributed by atoms with van der Waals surface area (Å²) in [5, 5.41) is 0. The van der Waals surface area contributed by atoms with Gasteiger partial charge in [0, 0.05) is 30.1 Å². The molecule has 6 fully saturated rings. The SMILES string of the molecule is CCC(C)(C)C(=O)OC12CC3CC(OCC4(C)COC4)(CC(OCC4(C)COC4)(C3)C1)C2. The molecule has 6 heteroatoms. The van der Waals surface area contributed by atoms with E-state index in [0.29, 0.717) is 19.1 Å². The van der Waals surface area contributed by atoms with E-state index in [1.54, 1.807) is 0 Å². The van der Waals surface area contributed by atoms with Crippen LogP contribution in [-0.4, -0.2) is 62.4 Å². The molecule has 6 aliphatic rings. The highest BCUT2D eigenvalue weighted by Gasteiger charge is 2.67. The van der Waals surface area contributed by atoms with Crippen molar-refractivity contribution in [2.45, 2.75) is 96.4 Å². The third kappa shape index (κ3) is 4.03. The summed E-state index contributed by atoms with van der Waals surface area (Å²) in [6.07, 6.45) is 6.30. The first kappa shape index (κ1) is 23.1. The molecule has 2 saturated heterocycles. The van der Waals surface area contributed by atoms with Crippen LogP contribution in [0.3, 0.4) is 0 Å². The molecule has 2 heterocycles. The van der Waals surface area contributed by atoms with E-state index in [9.17, 15) is 4.79 Å². The van der Waals surface area contributed by atoms with Crippen molar-refractivity contribution >= 4 is 5.97 Å². The second-order valence-electron chi connectivity index (χ2n) is 13.4. The van der Waals surface area contributed by atoms with Gasteiger partial charge in [0.1, 0.15) is 5.60 Å². The fourth-order valence-corrected chi connectivity index (χ4v) is 6.81. The first-order chi connectivity index (χ1) is 14.9. The first-order valence-electron chi connectivity index (χ1n) is 12.6. The van der Waals surface area contributed by atoms with E-state index in [0.717, 1.165) is 71.4 Å². The Bertz CT molecular complexity index is 711. The lowest BCUT2D eigenvalue weighted by molar-refractivity contribution is -0.304. The van der Waals surface area contributed by atoms with Crippen LogP contribution in [0.15, 0.2) is 0 Å². The summed E-state index contributed by atoms with van der Waals surface area (Å²) in [7, 11) is 0. The Kier molecular flexibility index (Phi) is 5.34. The maximum absolute atomic E-state index is 13.2. The van der Waals surface area contributed by atoms with Crippen LogP contribution in [0.2, 0.25) is 0 Å². The second-order valence-corrected chi connectivity index (χ2v) is 13.4. The third-order valence-electron chi connectivity index (χ3n) is 8.92. The van der Waals surface area contributed by atoms with Crippen LogP contribution >= 0.6 is 0 Å². The summed E-state index contributed by atoms with van der Waals surface area (Å²) < 4.78 is 31.0. The topological polar surface area (TPSA) is 63.2 Å². The number of hydrogen-bond acceptors (Lipinski definition) is 6. The molecule has 2 aliphatic heterocycles. The van der Waals surface area contributed by atoms with Gasteiger partial charge >= 0.3 is 5.97 Å². The fourth-order valence-electron chi connectivity index (χ4n) is 6.81. The summed E-state index contributed by atoms with van der Waals surface area (Å²) in [6, 6.07) is 0. The van der Waals surface area contributed by atoms with Crippen molar-refractivity contribution in [1.82, 2.24) is 0 Å². The van der Waals surface area contributed by atoms with E-state index in [4.69, 9.17) is 23.7 Å². The number of esters is 1. The first-order valence-corrected chi connectivity index (χ1v) is 12.6. The summed E-state index contributed by atoms with van der Waals surface area (Å²) in [6.45, 7) is 15.0. The Hall–Kier alpha value is -0.690. The van der Waals surface area contributed by atoms with E-state index in [1.165, 1.54) is 0 Å². The molecular formula is C26H42O6. The average molecular weight is 451 g/mol. The lowest BCUT2D eigenvalue weighted by Gasteiger charge is -2.65. The molecule has 0 radical (unpaired) electrons. The zero-order chi connectivity index (χ0) is 22.9. The van der Waals surface area contributed by atoms with Gasteiger partial charge in [-0.3, -0.25) is 4.79 Å². The molecule has 0 spiro atoms. The van der Waals surface area contributed by atoms with Crippen LogP contribution < -0.4 is 0 Å². The molecule has 0 amide bonds. The Labute approximate surface area is 193 Å². The van der Waals surface area contributed by atoms with Crippen molar-refractivity contribution in [2.75, 3.05) is 39.6 Å². The summed E-state index contributed by atoms with van der Waals surface area (Å²) in [5.41, 5.74) is -1.29. The van der Waals surface area contributed by atoms with Crippen molar-refractivity contribution in [2.24, 2.45) is 22.2 Å². The maximum atomic E-state index is 13.2. The minimum Gasteiger partial charge on any atom is -0.458 e. The monoisotopic (exact) mass is 450 g/mol. The highest BCUT2D eigenvalue weighted by molar-refractivity contribution is 5.76. The third-order valence-corrected chi connectivity index (χ3v) is 8.92. The van der Waals surface area contributed by atoms with Crippen LogP contribution in [0.5, 0.6) is 0 Å². The Balaban J connectivity index is 1.39. The van der Waals surface area contributed by atoms with Crippen LogP contribution in [-0.2, 0) is 28.5 Å². The lowest BCUT2D eigenvalue weighted by Crippen LogP contribution is -2.69. The number of carbonyl (C=O) groups excluding carboxylic acids is 1. The second kappa shape index (κ2) is 7.40. The highest BCUT2D eigenvalue weighted by atomic mass is 16.6. The Morgan fingerprint density at radius 2 is 1.28 bits per heavy atom. The average Bonchev–Trinajstić information content (AvgIpc) is 2.66. The molecule has 4 bridgehead atoms. The Morgan fingerprint density at radius 3 is 1.69 bits per heavy atom. The zero-order valence-electron chi connectivity index (χ0n) is 20.7. The highest BCUT2D eigenvalue weighted by Crippen LogP contribution is 2.63. The molecule has 2 atom stereocenters. The number of rotatable bonds is 9. The predicted molar refractivity (Wildman–Crippen MR) is 119 cm³/mol. The summed E-state index contributed by atoms with van der Waals surface area (Å²) in [4.78, 5) is 13.2. The largest absolute Gasteiger partial charge is 0.458 e. The van der Waals surface area contributed by atoms with Crippen molar-refractivity contribution in [3.8, 4) is 0 Å². The zero-order valence-corrected chi connectivity index (χ0v) is 20.7. The molecule has 6 nitrogen and oxygen atoms in total. The van der Waals surface area contributed by atoms with Gasteiger partial charge in [0.05, 0.1) is 56.3 Å². The normalized spacial score (nSPS) is 41.1. The molecule has 0 aromatic heterocycles. The Morgan fingerprint density at radius 1 is 0.844 bits per heavy atom. The molecular weight excluding hydrogens is 408 g/mol. The van der Waals surface area contributed by atoms with Gasteiger partial charge in [0.2, 0.25) is 0 Å². The number of hydrogen-bond donors (Lipinski definition) is 0. The van der Waals surface area contributed by atoms with Gasteiger partial charge < -0.3 is 23.7 Å². The molecule has 6 rings (SSSR count). The van der Waals surface area contributed by atoms with Gasteiger partial charge in [-0.1, -0.05) is 20.8 Å². The van der Waals surface area contributed by atoms with Crippen LogP contribution in [0, 0.1) is 22.2 Å². The quantitative estimate of drug-likeness (QED) is 0.489. The molecule has 4 saturated carbocycles. The smallest absolute Gasteiger partial charge is 0.312 e. The fraction of sp³-hybridized carbons (Fsp3) is 0.962. The summed E-state index contributed by atoms with van der Waals surface area (Å²) >= 11 is 0.